The molecule has 4 heterocycles. The van der Waals surface area contributed by atoms with Gasteiger partial charge in [0, 0.05) is 66.3 Å². The summed E-state index contributed by atoms with van der Waals surface area (Å²) < 4.78 is 73.6. The predicted molar refractivity (Wildman–Crippen MR) is 478 cm³/mol. The normalized spacial score (nSPS) is 13.1. The molecule has 0 atom stereocenters. The molecule has 16 aromatic rings. The van der Waals surface area contributed by atoms with Crippen molar-refractivity contribution in [2.24, 2.45) is 0 Å². The monoisotopic (exact) mass is 1540 g/mol. The van der Waals surface area contributed by atoms with Crippen LogP contribution < -0.4 is 0 Å². The zero-order valence-corrected chi connectivity index (χ0v) is 71.5. The van der Waals surface area contributed by atoms with Crippen molar-refractivity contribution in [1.82, 2.24) is 18.3 Å². The van der Waals surface area contributed by atoms with Gasteiger partial charge in [-0.25, -0.2) is 17.6 Å². The molecule has 0 unspecified atom stereocenters. The number of hydrogen-bond acceptors (Lipinski definition) is 2. The standard InChI is InChI=1S/C106H104F4N6/c1-99(2,3)65-27-34-86-84(47-65)85-48-71(30-37-87(85)113(86)90-55-80(60-39-73(107)53-74(108)40-60)92(43-63(90)58-111)114-88-35-28-66(100(4,5)6)45-82(88)83-46-67(101(7,8)9)29-36-89(83)114)106(22,23)57-62-38-72(105(19,20)21)52-97-98(62)79-33-26-70(104(16,17)18)51-96(79)116(97)93-44-64(59-112)91(56-81(93)61-41-75(109)54-76(110)42-61)115-94-49-68(102(10,11)12)24-31-77(94)78-32-25-69(50-95(78)115)103(13,14)15/h24-56H,57H2,1-23H3. The second-order valence-electron chi connectivity index (χ2n) is 40.6. The van der Waals surface area contributed by atoms with Crippen LogP contribution in [-0.2, 0) is 49.7 Å². The maximum absolute atomic E-state index is 16.4. The molecule has 16 rings (SSSR count). The number of rotatable bonds is 9. The second kappa shape index (κ2) is 26.8. The van der Waals surface area contributed by atoms with Gasteiger partial charge in [-0.3, -0.25) is 0 Å². The van der Waals surface area contributed by atoms with Crippen molar-refractivity contribution in [2.75, 3.05) is 0 Å². The highest BCUT2D eigenvalue weighted by Crippen LogP contribution is 2.50. The van der Waals surface area contributed by atoms with Gasteiger partial charge in [0.05, 0.1) is 78.0 Å². The fraction of sp³-hybridized carbons (Fsp3) is 0.302. The van der Waals surface area contributed by atoms with Crippen LogP contribution in [0.4, 0.5) is 17.6 Å². The number of benzene rings is 12. The van der Waals surface area contributed by atoms with E-state index in [-0.39, 0.29) is 37.9 Å². The van der Waals surface area contributed by atoms with Gasteiger partial charge in [-0.1, -0.05) is 226 Å². The molecule has 586 valence electrons. The molecule has 116 heavy (non-hydrogen) atoms. The zero-order chi connectivity index (χ0) is 83.3. The maximum atomic E-state index is 16.4. The minimum atomic E-state index is -0.720. The molecular formula is C106H104F4N6. The van der Waals surface area contributed by atoms with Gasteiger partial charge in [0.15, 0.2) is 0 Å². The molecule has 0 aliphatic rings. The van der Waals surface area contributed by atoms with Crippen molar-refractivity contribution in [1.29, 1.82) is 10.5 Å². The molecule has 0 fully saturated rings. The lowest BCUT2D eigenvalue weighted by molar-refractivity contribution is 0.523. The molecule has 0 spiro atoms. The van der Waals surface area contributed by atoms with E-state index in [0.717, 1.165) is 138 Å². The Bertz CT molecular complexity index is 6750. The van der Waals surface area contributed by atoms with Gasteiger partial charge in [-0.05, 0) is 232 Å². The fourth-order valence-electron chi connectivity index (χ4n) is 17.7. The van der Waals surface area contributed by atoms with E-state index in [1.807, 2.05) is 24.3 Å². The highest BCUT2D eigenvalue weighted by molar-refractivity contribution is 6.15. The summed E-state index contributed by atoms with van der Waals surface area (Å²) in [6, 6.07) is 71.6. The Morgan fingerprint density at radius 3 is 0.871 bits per heavy atom. The molecule has 0 N–H and O–H groups in total. The minimum absolute atomic E-state index is 0.167. The van der Waals surface area contributed by atoms with Crippen LogP contribution in [0.3, 0.4) is 0 Å². The lowest BCUT2D eigenvalue weighted by Crippen LogP contribution is -2.21. The zero-order valence-electron chi connectivity index (χ0n) is 71.5. The van der Waals surface area contributed by atoms with Crippen LogP contribution in [0, 0.1) is 45.9 Å². The molecule has 0 bridgehead atoms. The Balaban J connectivity index is 0.928. The minimum Gasteiger partial charge on any atom is -0.309 e. The Kier molecular flexibility index (Phi) is 18.1. The van der Waals surface area contributed by atoms with E-state index in [9.17, 15) is 10.5 Å². The Morgan fingerprint density at radius 1 is 0.250 bits per heavy atom. The molecule has 0 radical (unpaired) electrons. The molecule has 6 nitrogen and oxygen atoms in total. The van der Waals surface area contributed by atoms with E-state index < -0.39 is 28.7 Å². The average molecular weight is 1540 g/mol. The molecule has 0 aliphatic carbocycles. The van der Waals surface area contributed by atoms with Gasteiger partial charge < -0.3 is 18.3 Å². The van der Waals surface area contributed by atoms with Gasteiger partial charge in [-0.15, -0.1) is 0 Å². The number of nitriles is 2. The highest BCUT2D eigenvalue weighted by atomic mass is 19.1. The van der Waals surface area contributed by atoms with E-state index in [1.54, 1.807) is 0 Å². The summed E-state index contributed by atoms with van der Waals surface area (Å²) in [5.74, 6) is -2.88. The van der Waals surface area contributed by atoms with Crippen molar-refractivity contribution in [2.45, 2.75) is 209 Å². The first-order valence-corrected chi connectivity index (χ1v) is 40.7. The van der Waals surface area contributed by atoms with Crippen LogP contribution >= 0.6 is 0 Å². The highest BCUT2D eigenvalue weighted by Gasteiger charge is 2.34. The number of hydrogen-bond donors (Lipinski definition) is 0. The first-order chi connectivity index (χ1) is 54.2. The largest absolute Gasteiger partial charge is 0.309 e. The molecule has 0 amide bonds. The molecule has 10 heteroatoms. The van der Waals surface area contributed by atoms with Crippen molar-refractivity contribution in [3.63, 3.8) is 0 Å². The summed E-state index contributed by atoms with van der Waals surface area (Å²) in [6.45, 7) is 51.0. The van der Waals surface area contributed by atoms with Gasteiger partial charge in [-0.2, -0.15) is 10.5 Å². The van der Waals surface area contributed by atoms with Gasteiger partial charge in [0.25, 0.3) is 0 Å². The SMILES string of the molecule is CC(C)(C)c1ccc2c(c1)c1cc(C(C)(C)Cc3cc(C(C)(C)C)cc4c3c3ccc(C(C)(C)C)cc3n4-c3cc(C#N)c(-n4c5cc(C(C)(C)C)ccc5c5ccc(C(C)(C)C)cc54)cc3-c3cc(F)cc(F)c3)ccc1n2-c1cc(-c2cc(F)cc(F)c2)c(-n2c3ccc(C(C)(C)C)cc3c3cc(C(C)(C)C)ccc32)cc1C#N. The summed E-state index contributed by atoms with van der Waals surface area (Å²) >= 11 is 0. The number of halogens is 4. The van der Waals surface area contributed by atoms with Crippen LogP contribution in [0.15, 0.2) is 200 Å². The average Bonchev–Trinajstić information content (AvgIpc) is 1.55. The van der Waals surface area contributed by atoms with Crippen molar-refractivity contribution >= 4 is 87.2 Å². The van der Waals surface area contributed by atoms with E-state index in [1.165, 1.54) is 35.4 Å². The molecule has 0 aliphatic heterocycles. The quantitative estimate of drug-likeness (QED) is 0.135. The van der Waals surface area contributed by atoms with Crippen LogP contribution in [0.5, 0.6) is 0 Å². The van der Waals surface area contributed by atoms with Crippen molar-refractivity contribution < 1.29 is 17.6 Å². The summed E-state index contributed by atoms with van der Waals surface area (Å²) in [6.07, 6.45) is 0.557. The summed E-state index contributed by atoms with van der Waals surface area (Å²) in [5, 5.41) is 31.9. The molecule has 4 aromatic heterocycles. The molecule has 0 saturated carbocycles. The lowest BCUT2D eigenvalue weighted by Gasteiger charge is -2.28. The van der Waals surface area contributed by atoms with Gasteiger partial charge in [0.2, 0.25) is 0 Å². The first kappa shape index (κ1) is 78.4. The number of aromatic nitrogens is 4. The van der Waals surface area contributed by atoms with Crippen LogP contribution in [-0.4, -0.2) is 18.3 Å². The third kappa shape index (κ3) is 13.4. The van der Waals surface area contributed by atoms with Crippen LogP contribution in [0.1, 0.15) is 220 Å². The molecule has 0 saturated heterocycles. The third-order valence-corrected chi connectivity index (χ3v) is 24.5. The van der Waals surface area contributed by atoms with E-state index in [0.29, 0.717) is 62.6 Å². The Hall–Kier alpha value is -11.5. The molecule has 12 aromatic carbocycles. The summed E-state index contributed by atoms with van der Waals surface area (Å²) in [7, 11) is 0. The smallest absolute Gasteiger partial charge is 0.126 e. The van der Waals surface area contributed by atoms with Crippen LogP contribution in [0.25, 0.3) is 132 Å². The summed E-state index contributed by atoms with van der Waals surface area (Å²) in [4.78, 5) is 0. The fourth-order valence-corrected chi connectivity index (χ4v) is 17.7. The Morgan fingerprint density at radius 2 is 0.526 bits per heavy atom. The number of nitrogens with zero attached hydrogens (tertiary/aromatic N) is 6. The van der Waals surface area contributed by atoms with E-state index >= 15 is 17.6 Å². The molecular weight excluding hydrogens is 1430 g/mol. The number of fused-ring (bicyclic) bond motifs is 12. The topological polar surface area (TPSA) is 67.3 Å². The second-order valence-corrected chi connectivity index (χ2v) is 40.6. The van der Waals surface area contributed by atoms with Gasteiger partial charge >= 0.3 is 0 Å². The first-order valence-electron chi connectivity index (χ1n) is 40.7. The van der Waals surface area contributed by atoms with Crippen molar-refractivity contribution in [3.8, 4) is 57.1 Å². The maximum Gasteiger partial charge on any atom is 0.126 e. The van der Waals surface area contributed by atoms with E-state index in [2.05, 4.69) is 329 Å². The Labute approximate surface area is 680 Å². The van der Waals surface area contributed by atoms with E-state index in [4.69, 9.17) is 0 Å². The van der Waals surface area contributed by atoms with Crippen LogP contribution in [0.2, 0.25) is 0 Å². The van der Waals surface area contributed by atoms with Gasteiger partial charge in [0.1, 0.15) is 35.4 Å². The summed E-state index contributed by atoms with van der Waals surface area (Å²) in [5.41, 5.74) is 19.7. The lowest BCUT2D eigenvalue weighted by atomic mass is 9.76. The predicted octanol–water partition coefficient (Wildman–Crippen LogP) is 29.3. The van der Waals surface area contributed by atoms with Crippen molar-refractivity contribution in [3.05, 3.63) is 285 Å². The third-order valence-electron chi connectivity index (χ3n) is 24.5.